The van der Waals surface area contributed by atoms with E-state index in [9.17, 15) is 0 Å². The molecule has 0 fully saturated rings. The largest absolute Gasteiger partial charge is 0.493 e. The molecule has 110 valence electrons. The van der Waals surface area contributed by atoms with Gasteiger partial charge in [0.15, 0.2) is 11.5 Å². The topological polar surface area (TPSA) is 42.3 Å². The van der Waals surface area contributed by atoms with Gasteiger partial charge in [0.1, 0.15) is 0 Å². The van der Waals surface area contributed by atoms with E-state index < -0.39 is 0 Å². The van der Waals surface area contributed by atoms with Crippen molar-refractivity contribution in [2.24, 2.45) is 0 Å². The van der Waals surface area contributed by atoms with Crippen molar-refractivity contribution in [2.45, 2.75) is 19.8 Å². The first kappa shape index (κ1) is 15.1. The summed E-state index contributed by atoms with van der Waals surface area (Å²) in [4.78, 5) is 0. The third-order valence-corrected chi connectivity index (χ3v) is 3.54. The van der Waals surface area contributed by atoms with Gasteiger partial charge in [0.2, 0.25) is 0 Å². The maximum atomic E-state index is 8.35. The number of rotatable bonds is 5. The van der Waals surface area contributed by atoms with E-state index in [4.69, 9.17) is 14.9 Å². The van der Waals surface area contributed by atoms with Gasteiger partial charge in [-0.25, -0.2) is 0 Å². The van der Waals surface area contributed by atoms with Gasteiger partial charge in [0.05, 0.1) is 19.9 Å². The number of methoxy groups -OCH3 is 2. The monoisotopic (exact) mass is 283 g/mol. The Morgan fingerprint density at radius 3 is 1.95 bits per heavy atom. The average molecular weight is 283 g/mol. The molecule has 0 bridgehead atoms. The van der Waals surface area contributed by atoms with Crippen LogP contribution in [0.3, 0.4) is 0 Å². The summed E-state index contributed by atoms with van der Waals surface area (Å²) in [6.07, 6.45) is 0. The molecule has 0 radical (unpaired) electrons. The first-order valence-corrected chi connectivity index (χ1v) is 6.98. The van der Waals surface area contributed by atoms with Crippen LogP contribution in [0.5, 0.6) is 11.5 Å². The van der Waals surface area contributed by atoms with Crippen molar-refractivity contribution in [3.8, 4) is 11.5 Å². The molecule has 21 heavy (non-hydrogen) atoms. The van der Waals surface area contributed by atoms with Crippen molar-refractivity contribution >= 4 is 5.71 Å². The Bertz CT molecular complexity index is 630. The molecule has 3 heteroatoms. The molecule has 0 unspecified atom stereocenters. The molecule has 2 rings (SSSR count). The van der Waals surface area contributed by atoms with Gasteiger partial charge in [0, 0.05) is 11.1 Å². The molecular formula is C18H21NO2. The molecule has 1 N–H and O–H groups in total. The molecular weight excluding hydrogens is 262 g/mol. The van der Waals surface area contributed by atoms with Crippen LogP contribution in [0.15, 0.2) is 42.5 Å². The summed E-state index contributed by atoms with van der Waals surface area (Å²) < 4.78 is 10.5. The second kappa shape index (κ2) is 6.44. The number of benzene rings is 2. The average Bonchev–Trinajstić information content (AvgIpc) is 2.53. The number of hydrogen-bond donors (Lipinski definition) is 1. The minimum absolute atomic E-state index is 0.478. The highest BCUT2D eigenvalue weighted by molar-refractivity contribution is 6.11. The zero-order chi connectivity index (χ0) is 15.4. The summed E-state index contributed by atoms with van der Waals surface area (Å²) in [7, 11) is 3.20. The van der Waals surface area contributed by atoms with Crippen molar-refractivity contribution in [1.29, 1.82) is 5.41 Å². The number of nitrogens with one attached hydrogen (secondary N) is 1. The summed E-state index contributed by atoms with van der Waals surface area (Å²) in [5.74, 6) is 1.80. The number of ether oxygens (including phenoxy) is 2. The highest BCUT2D eigenvalue weighted by atomic mass is 16.5. The number of hydrogen-bond acceptors (Lipinski definition) is 3. The molecule has 0 aliphatic rings. The fourth-order valence-corrected chi connectivity index (χ4v) is 2.19. The molecule has 2 aromatic carbocycles. The molecule has 3 nitrogen and oxygen atoms in total. The minimum atomic E-state index is 0.478. The van der Waals surface area contributed by atoms with Crippen LogP contribution in [0.1, 0.15) is 36.5 Å². The van der Waals surface area contributed by atoms with Gasteiger partial charge in [-0.05, 0) is 29.7 Å². The van der Waals surface area contributed by atoms with E-state index in [-0.39, 0.29) is 0 Å². The third-order valence-electron chi connectivity index (χ3n) is 3.54. The first-order chi connectivity index (χ1) is 10.1. The Kier molecular flexibility index (Phi) is 4.63. The normalized spacial score (nSPS) is 10.5. The van der Waals surface area contributed by atoms with Gasteiger partial charge in [-0.1, -0.05) is 38.1 Å². The zero-order valence-corrected chi connectivity index (χ0v) is 12.9. The Morgan fingerprint density at radius 2 is 1.43 bits per heavy atom. The smallest absolute Gasteiger partial charge is 0.161 e. The predicted molar refractivity (Wildman–Crippen MR) is 86.0 cm³/mol. The summed E-state index contributed by atoms with van der Waals surface area (Å²) in [5.41, 5.74) is 3.46. The van der Waals surface area contributed by atoms with Crippen molar-refractivity contribution in [3.63, 3.8) is 0 Å². The first-order valence-electron chi connectivity index (χ1n) is 6.98. The van der Waals surface area contributed by atoms with E-state index in [1.165, 1.54) is 5.56 Å². The van der Waals surface area contributed by atoms with Gasteiger partial charge in [-0.15, -0.1) is 0 Å². The van der Waals surface area contributed by atoms with Crippen molar-refractivity contribution in [2.75, 3.05) is 14.2 Å². The SMILES string of the molecule is COc1ccc(C(=N)c2ccc(C(C)C)cc2)cc1OC. The fraction of sp³-hybridized carbons (Fsp3) is 0.278. The molecule has 0 amide bonds. The quantitative estimate of drug-likeness (QED) is 0.834. The van der Waals surface area contributed by atoms with Crippen LogP contribution in [-0.4, -0.2) is 19.9 Å². The van der Waals surface area contributed by atoms with Crippen LogP contribution in [-0.2, 0) is 0 Å². The van der Waals surface area contributed by atoms with Gasteiger partial charge < -0.3 is 9.47 Å². The maximum absolute atomic E-state index is 8.35. The highest BCUT2D eigenvalue weighted by Gasteiger charge is 2.10. The molecule has 0 saturated carbocycles. The Morgan fingerprint density at radius 1 is 0.857 bits per heavy atom. The van der Waals surface area contributed by atoms with Gasteiger partial charge in [-0.2, -0.15) is 0 Å². The van der Waals surface area contributed by atoms with Crippen molar-refractivity contribution in [1.82, 2.24) is 0 Å². The van der Waals surface area contributed by atoms with Crippen molar-refractivity contribution < 1.29 is 9.47 Å². The molecule has 0 saturated heterocycles. The van der Waals surface area contributed by atoms with Gasteiger partial charge in [-0.3, -0.25) is 5.41 Å². The van der Waals surface area contributed by atoms with Crippen LogP contribution >= 0.6 is 0 Å². The molecule has 0 atom stereocenters. The predicted octanol–water partition coefficient (Wildman–Crippen LogP) is 4.24. The Hall–Kier alpha value is -2.29. The summed E-state index contributed by atoms with van der Waals surface area (Å²) >= 11 is 0. The van der Waals surface area contributed by atoms with Crippen LogP contribution in [0.2, 0.25) is 0 Å². The Balaban J connectivity index is 2.31. The lowest BCUT2D eigenvalue weighted by molar-refractivity contribution is 0.355. The Labute approximate surface area is 126 Å². The van der Waals surface area contributed by atoms with E-state index in [2.05, 4.69) is 26.0 Å². The lowest BCUT2D eigenvalue weighted by atomic mass is 9.97. The standard InChI is InChI=1S/C18H21NO2/c1-12(2)13-5-7-14(8-6-13)18(19)15-9-10-16(20-3)17(11-15)21-4/h5-12,19H,1-4H3. The fourth-order valence-electron chi connectivity index (χ4n) is 2.19. The van der Waals surface area contributed by atoms with Crippen LogP contribution < -0.4 is 9.47 Å². The van der Waals surface area contributed by atoms with E-state index >= 15 is 0 Å². The van der Waals surface area contributed by atoms with E-state index in [1.54, 1.807) is 14.2 Å². The van der Waals surface area contributed by atoms with Crippen LogP contribution in [0, 0.1) is 5.41 Å². The summed E-state index contributed by atoms with van der Waals surface area (Å²) in [6, 6.07) is 13.7. The molecule has 0 aromatic heterocycles. The zero-order valence-electron chi connectivity index (χ0n) is 12.9. The van der Waals surface area contributed by atoms with E-state index in [1.807, 2.05) is 30.3 Å². The van der Waals surface area contributed by atoms with Crippen LogP contribution in [0.25, 0.3) is 0 Å². The summed E-state index contributed by atoms with van der Waals surface area (Å²) in [5, 5.41) is 8.35. The van der Waals surface area contributed by atoms with Gasteiger partial charge >= 0.3 is 0 Å². The molecule has 0 aliphatic heterocycles. The molecule has 0 spiro atoms. The minimum Gasteiger partial charge on any atom is -0.493 e. The van der Waals surface area contributed by atoms with Crippen LogP contribution in [0.4, 0.5) is 0 Å². The maximum Gasteiger partial charge on any atom is 0.161 e. The second-order valence-electron chi connectivity index (χ2n) is 5.22. The third kappa shape index (κ3) is 3.24. The highest BCUT2D eigenvalue weighted by Crippen LogP contribution is 2.28. The lowest BCUT2D eigenvalue weighted by Gasteiger charge is -2.11. The molecule has 0 aliphatic carbocycles. The lowest BCUT2D eigenvalue weighted by Crippen LogP contribution is -2.03. The molecule has 2 aromatic rings. The van der Waals surface area contributed by atoms with Crippen molar-refractivity contribution in [3.05, 3.63) is 59.2 Å². The summed E-state index contributed by atoms with van der Waals surface area (Å²) in [6.45, 7) is 4.32. The van der Waals surface area contributed by atoms with E-state index in [0.717, 1.165) is 11.1 Å². The second-order valence-corrected chi connectivity index (χ2v) is 5.22. The van der Waals surface area contributed by atoms with E-state index in [0.29, 0.717) is 23.1 Å². The molecule has 0 heterocycles. The van der Waals surface area contributed by atoms with Gasteiger partial charge in [0.25, 0.3) is 0 Å².